The highest BCUT2D eigenvalue weighted by Crippen LogP contribution is 2.38. The summed E-state index contributed by atoms with van der Waals surface area (Å²) >= 11 is 0. The first-order valence-electron chi connectivity index (χ1n) is 31.9. The summed E-state index contributed by atoms with van der Waals surface area (Å²) in [4.78, 5) is 40.0. The molecule has 0 aliphatic rings. The minimum absolute atomic E-state index is 0.0286. The molecule has 446 valence electrons. The van der Waals surface area contributed by atoms with Gasteiger partial charge in [0.05, 0.1) is 33.8 Å². The quantitative estimate of drug-likeness (QED) is 0.0212. The van der Waals surface area contributed by atoms with E-state index in [-0.39, 0.29) is 24.9 Å². The number of unbranched alkanes of at least 4 members (excludes halogenated alkanes) is 29. The molecule has 0 radical (unpaired) electrons. The summed E-state index contributed by atoms with van der Waals surface area (Å²) in [5.41, 5.74) is 0. The number of amides is 1. The lowest BCUT2D eigenvalue weighted by Gasteiger charge is -2.30. The molecule has 0 heterocycles. The molecule has 1 amide bonds. The van der Waals surface area contributed by atoms with Crippen LogP contribution in [-0.4, -0.2) is 69.4 Å². The molecule has 9 nitrogen and oxygen atoms in total. The van der Waals surface area contributed by atoms with Crippen molar-refractivity contribution in [3.8, 4) is 0 Å². The second-order valence-corrected chi connectivity index (χ2v) is 23.9. The van der Waals surface area contributed by atoms with Crippen LogP contribution in [0.2, 0.25) is 0 Å². The van der Waals surface area contributed by atoms with Gasteiger partial charge < -0.3 is 28.5 Å². The van der Waals surface area contributed by atoms with Crippen LogP contribution in [0.15, 0.2) is 85.1 Å². The fourth-order valence-electron chi connectivity index (χ4n) is 8.90. The maximum atomic E-state index is 13.5. The van der Waals surface area contributed by atoms with Crippen molar-refractivity contribution < 1.29 is 37.3 Å². The zero-order valence-corrected chi connectivity index (χ0v) is 51.8. The van der Waals surface area contributed by atoms with Gasteiger partial charge in [-0.05, 0) is 102 Å². The summed E-state index contributed by atoms with van der Waals surface area (Å²) in [6.45, 7) is 6.71. The first kappa shape index (κ1) is 74.2. The molecule has 1 N–H and O–H groups in total. The number of rotatable bonds is 57. The van der Waals surface area contributed by atoms with Gasteiger partial charge in [-0.25, -0.2) is 0 Å². The SMILES string of the molecule is CC/C=C\C/C=C\C/C=C\C/C=C\C/C=C\CCCCCCCCCCCC(=O)OC(/C=C\CCCCCCCCCCCC)C(COP(=O)([O-])OCC[N+](C)(C)C)NC(=O)CCCCC/C=C\CCCCCCCCC. The van der Waals surface area contributed by atoms with Gasteiger partial charge in [-0.3, -0.25) is 14.2 Å². The minimum Gasteiger partial charge on any atom is -0.756 e. The van der Waals surface area contributed by atoms with E-state index in [1.54, 1.807) is 0 Å². The highest BCUT2D eigenvalue weighted by atomic mass is 31.2. The Morgan fingerprint density at radius 2 is 0.831 bits per heavy atom. The third-order valence-electron chi connectivity index (χ3n) is 13.8. The van der Waals surface area contributed by atoms with Crippen molar-refractivity contribution in [1.29, 1.82) is 0 Å². The molecular formula is C67H121N2O7P. The zero-order chi connectivity index (χ0) is 56.4. The van der Waals surface area contributed by atoms with Crippen molar-refractivity contribution in [2.45, 2.75) is 290 Å². The zero-order valence-electron chi connectivity index (χ0n) is 50.9. The summed E-state index contributed by atoms with van der Waals surface area (Å²) in [6.07, 6.45) is 74.1. The summed E-state index contributed by atoms with van der Waals surface area (Å²) in [5, 5.41) is 3.02. The maximum Gasteiger partial charge on any atom is 0.306 e. The van der Waals surface area contributed by atoms with E-state index in [1.165, 1.54) is 128 Å². The number of carbonyl (C=O) groups excluding carboxylic acids is 2. The van der Waals surface area contributed by atoms with E-state index in [4.69, 9.17) is 13.8 Å². The molecule has 0 bridgehead atoms. The summed E-state index contributed by atoms with van der Waals surface area (Å²) in [5.74, 6) is -0.566. The largest absolute Gasteiger partial charge is 0.756 e. The fourth-order valence-corrected chi connectivity index (χ4v) is 9.62. The number of phosphoric acid groups is 1. The van der Waals surface area contributed by atoms with E-state index in [0.29, 0.717) is 23.9 Å². The molecule has 0 saturated carbocycles. The maximum absolute atomic E-state index is 13.5. The van der Waals surface area contributed by atoms with Crippen molar-refractivity contribution in [1.82, 2.24) is 5.32 Å². The lowest BCUT2D eigenvalue weighted by atomic mass is 10.0. The Hall–Kier alpha value is -2.81. The molecule has 0 spiro atoms. The van der Waals surface area contributed by atoms with Crippen LogP contribution in [0.4, 0.5) is 0 Å². The molecule has 0 saturated heterocycles. The summed E-state index contributed by atoms with van der Waals surface area (Å²) in [7, 11) is 1.17. The number of hydrogen-bond donors (Lipinski definition) is 1. The molecule has 0 fully saturated rings. The first-order chi connectivity index (χ1) is 37.4. The Morgan fingerprint density at radius 3 is 1.27 bits per heavy atom. The van der Waals surface area contributed by atoms with Gasteiger partial charge in [0.15, 0.2) is 0 Å². The highest BCUT2D eigenvalue weighted by Gasteiger charge is 2.27. The van der Waals surface area contributed by atoms with Crippen LogP contribution in [0.1, 0.15) is 278 Å². The van der Waals surface area contributed by atoms with Crippen LogP contribution in [0.5, 0.6) is 0 Å². The van der Waals surface area contributed by atoms with Gasteiger partial charge in [-0.1, -0.05) is 247 Å². The number of nitrogens with one attached hydrogen (secondary N) is 1. The van der Waals surface area contributed by atoms with Crippen molar-refractivity contribution in [3.05, 3.63) is 85.1 Å². The Kier molecular flexibility index (Phi) is 54.4. The number of hydrogen-bond acceptors (Lipinski definition) is 7. The third-order valence-corrected chi connectivity index (χ3v) is 14.8. The fraction of sp³-hybridized carbons (Fsp3) is 0.761. The summed E-state index contributed by atoms with van der Waals surface area (Å²) in [6, 6.07) is -0.902. The smallest absolute Gasteiger partial charge is 0.306 e. The Labute approximate surface area is 476 Å². The van der Waals surface area contributed by atoms with Gasteiger partial charge in [0.25, 0.3) is 7.82 Å². The molecule has 0 aromatic carbocycles. The lowest BCUT2D eigenvalue weighted by Crippen LogP contribution is -2.47. The van der Waals surface area contributed by atoms with Crippen molar-refractivity contribution in [2.24, 2.45) is 0 Å². The minimum atomic E-state index is -4.71. The van der Waals surface area contributed by atoms with E-state index in [9.17, 15) is 19.0 Å². The van der Waals surface area contributed by atoms with Crippen molar-refractivity contribution in [2.75, 3.05) is 40.9 Å². The Morgan fingerprint density at radius 1 is 0.468 bits per heavy atom. The number of phosphoric ester groups is 1. The molecule has 3 atom stereocenters. The molecule has 3 unspecified atom stereocenters. The van der Waals surface area contributed by atoms with Crippen LogP contribution < -0.4 is 10.2 Å². The number of esters is 1. The topological polar surface area (TPSA) is 114 Å². The third kappa shape index (κ3) is 57.7. The molecule has 10 heteroatoms. The number of quaternary nitrogens is 1. The van der Waals surface area contributed by atoms with Crippen LogP contribution in [-0.2, 0) is 27.9 Å². The van der Waals surface area contributed by atoms with E-state index >= 15 is 0 Å². The Balaban J connectivity index is 5.17. The first-order valence-corrected chi connectivity index (χ1v) is 33.4. The van der Waals surface area contributed by atoms with Gasteiger partial charge in [0, 0.05) is 12.8 Å². The van der Waals surface area contributed by atoms with E-state index in [0.717, 1.165) is 109 Å². The van der Waals surface area contributed by atoms with Crippen LogP contribution in [0.3, 0.4) is 0 Å². The number of carbonyl (C=O) groups is 2. The average molecular weight is 1100 g/mol. The summed E-state index contributed by atoms with van der Waals surface area (Å²) < 4.78 is 30.3. The molecule has 0 aliphatic carbocycles. The molecular weight excluding hydrogens is 976 g/mol. The second kappa shape index (κ2) is 56.5. The van der Waals surface area contributed by atoms with E-state index < -0.39 is 26.6 Å². The second-order valence-electron chi connectivity index (χ2n) is 22.5. The van der Waals surface area contributed by atoms with Crippen LogP contribution in [0, 0.1) is 0 Å². The normalized spacial score (nSPS) is 14.2. The van der Waals surface area contributed by atoms with E-state index in [1.807, 2.05) is 33.3 Å². The van der Waals surface area contributed by atoms with Crippen LogP contribution in [0.25, 0.3) is 0 Å². The van der Waals surface area contributed by atoms with Gasteiger partial charge in [0.1, 0.15) is 19.3 Å². The average Bonchev–Trinajstić information content (AvgIpc) is 3.39. The number of allylic oxidation sites excluding steroid dienone is 13. The lowest BCUT2D eigenvalue weighted by molar-refractivity contribution is -0.870. The number of ether oxygens (including phenoxy) is 1. The standard InChI is InChI=1S/C67H121N2O7P/c1-7-10-13-16-19-22-25-28-30-31-32-33-34-35-36-37-38-39-40-42-45-48-51-54-57-60-67(71)76-65(58-55-52-49-46-43-27-24-21-18-15-12-9-3)64(63-75-77(72,73)74-62-61-69(4,5)6)68-66(70)59-56-53-50-47-44-41-29-26-23-20-17-14-11-8-2/h10,13,19,22,28,30,32-33,35-36,41,44,55,58,64-65H,7-9,11-12,14-18,20-21,23-27,29,31,34,37-40,42-43,45-54,56-57,59-63H2,1-6H3,(H-,68,70,72,73)/b13-10-,22-19-,30-28-,33-32-,36-35-,44-41-,58-55-. The van der Waals surface area contributed by atoms with Gasteiger partial charge in [0.2, 0.25) is 5.91 Å². The van der Waals surface area contributed by atoms with Gasteiger partial charge in [-0.2, -0.15) is 0 Å². The molecule has 77 heavy (non-hydrogen) atoms. The molecule has 0 aromatic rings. The van der Waals surface area contributed by atoms with E-state index in [2.05, 4.69) is 99.0 Å². The monoisotopic (exact) mass is 1100 g/mol. The van der Waals surface area contributed by atoms with Crippen molar-refractivity contribution in [3.63, 3.8) is 0 Å². The van der Waals surface area contributed by atoms with Crippen molar-refractivity contribution >= 4 is 19.7 Å². The predicted molar refractivity (Wildman–Crippen MR) is 330 cm³/mol. The molecule has 0 aliphatic heterocycles. The van der Waals surface area contributed by atoms with Crippen LogP contribution >= 0.6 is 7.82 Å². The number of nitrogens with zero attached hydrogens (tertiary/aromatic N) is 1. The highest BCUT2D eigenvalue weighted by molar-refractivity contribution is 7.45. The van der Waals surface area contributed by atoms with Gasteiger partial charge in [-0.15, -0.1) is 0 Å². The molecule has 0 aromatic heterocycles. The molecule has 0 rings (SSSR count). The Bertz CT molecular complexity index is 1590. The predicted octanol–water partition coefficient (Wildman–Crippen LogP) is 19.1. The van der Waals surface area contributed by atoms with Gasteiger partial charge >= 0.3 is 5.97 Å². The number of likely N-dealkylation sites (N-methyl/N-ethyl adjacent to an activating group) is 1.